The van der Waals surface area contributed by atoms with Crippen molar-refractivity contribution in [2.24, 2.45) is 5.84 Å². The van der Waals surface area contributed by atoms with Crippen LogP contribution in [0.3, 0.4) is 0 Å². The predicted molar refractivity (Wildman–Crippen MR) is 52.3 cm³/mol. The van der Waals surface area contributed by atoms with Crippen LogP contribution in [0.2, 0.25) is 0 Å². The number of nitrogens with one attached hydrogen (secondary N) is 1. The number of rotatable bonds is 0. The van der Waals surface area contributed by atoms with Crippen LogP contribution in [0, 0.1) is 0 Å². The van der Waals surface area contributed by atoms with Gasteiger partial charge < -0.3 is 0 Å². The van der Waals surface area contributed by atoms with E-state index in [1.807, 2.05) is 26.0 Å². The molecule has 2 amide bonds. The van der Waals surface area contributed by atoms with Crippen LogP contribution in [0.1, 0.15) is 19.4 Å². The maximum Gasteiger partial charge on any atom is 0.337 e. The number of nitrogens with two attached hydrogens (primary N) is 1. The fraction of sp³-hybridized carbons (Fsp3) is 0.333. The fourth-order valence-electron chi connectivity index (χ4n) is 1.54. The van der Waals surface area contributed by atoms with E-state index < -0.39 is 5.54 Å². The Labute approximate surface area is 81.9 Å². The summed E-state index contributed by atoms with van der Waals surface area (Å²) in [5, 5.41) is 3.79. The molecule has 1 aliphatic heterocycles. The molecule has 74 valence electrons. The second-order valence-corrected chi connectivity index (χ2v) is 3.76. The van der Waals surface area contributed by atoms with E-state index in [-0.39, 0.29) is 6.03 Å². The first kappa shape index (κ1) is 8.96. The van der Waals surface area contributed by atoms with Crippen molar-refractivity contribution in [3.05, 3.63) is 23.9 Å². The van der Waals surface area contributed by atoms with E-state index in [0.717, 1.165) is 5.56 Å². The van der Waals surface area contributed by atoms with E-state index in [2.05, 4.69) is 10.3 Å². The third kappa shape index (κ3) is 1.06. The molecule has 0 saturated heterocycles. The summed E-state index contributed by atoms with van der Waals surface area (Å²) in [4.78, 5) is 15.5. The SMILES string of the molecule is CC1(C)c2cccnc2NC(=O)N1N. The molecule has 14 heavy (non-hydrogen) atoms. The standard InChI is InChI=1S/C9H12N4O/c1-9(2)6-4-3-5-11-7(6)12-8(14)13(9)10/h3-5H,10H2,1-2H3,(H,11,12,14). The molecule has 2 rings (SSSR count). The van der Waals surface area contributed by atoms with Crippen LogP contribution < -0.4 is 11.2 Å². The number of nitrogens with zero attached hydrogens (tertiary/aromatic N) is 2. The highest BCUT2D eigenvalue weighted by molar-refractivity contribution is 5.91. The summed E-state index contributed by atoms with van der Waals surface area (Å²) >= 11 is 0. The van der Waals surface area contributed by atoms with Crippen LogP contribution in [0.4, 0.5) is 10.6 Å². The van der Waals surface area contributed by atoms with Gasteiger partial charge in [-0.3, -0.25) is 10.3 Å². The number of pyridine rings is 1. The summed E-state index contributed by atoms with van der Waals surface area (Å²) in [5.41, 5.74) is 0.397. The zero-order chi connectivity index (χ0) is 10.3. The Balaban J connectivity index is 2.59. The molecule has 0 unspecified atom stereocenters. The van der Waals surface area contributed by atoms with Gasteiger partial charge in [-0.1, -0.05) is 6.07 Å². The quantitative estimate of drug-likeness (QED) is 0.476. The monoisotopic (exact) mass is 192 g/mol. The minimum absolute atomic E-state index is 0.332. The van der Waals surface area contributed by atoms with Crippen LogP contribution in [0.25, 0.3) is 0 Å². The van der Waals surface area contributed by atoms with Crippen LogP contribution in [0.5, 0.6) is 0 Å². The van der Waals surface area contributed by atoms with Gasteiger partial charge in [-0.15, -0.1) is 0 Å². The number of urea groups is 1. The Kier molecular flexibility index (Phi) is 1.72. The van der Waals surface area contributed by atoms with Crippen LogP contribution in [-0.4, -0.2) is 16.0 Å². The first-order valence-corrected chi connectivity index (χ1v) is 4.35. The molecular formula is C9H12N4O. The highest BCUT2D eigenvalue weighted by atomic mass is 16.2. The molecule has 1 aromatic heterocycles. The summed E-state index contributed by atoms with van der Waals surface area (Å²) in [6.07, 6.45) is 1.64. The number of amides is 2. The lowest BCUT2D eigenvalue weighted by molar-refractivity contribution is 0.142. The Bertz CT molecular complexity index is 388. The Morgan fingerprint density at radius 1 is 1.57 bits per heavy atom. The lowest BCUT2D eigenvalue weighted by Crippen LogP contribution is -2.55. The van der Waals surface area contributed by atoms with Crippen LogP contribution in [0.15, 0.2) is 18.3 Å². The van der Waals surface area contributed by atoms with Crippen molar-refractivity contribution in [1.82, 2.24) is 9.99 Å². The third-order valence-corrected chi connectivity index (χ3v) is 2.51. The molecule has 0 radical (unpaired) electrons. The second kappa shape index (κ2) is 2.68. The molecule has 0 fully saturated rings. The largest absolute Gasteiger partial charge is 0.337 e. The van der Waals surface area contributed by atoms with Gasteiger partial charge in [-0.25, -0.2) is 15.6 Å². The molecule has 2 heterocycles. The molecule has 0 aromatic carbocycles. The summed E-state index contributed by atoms with van der Waals surface area (Å²) in [7, 11) is 0. The smallest absolute Gasteiger partial charge is 0.291 e. The summed E-state index contributed by atoms with van der Waals surface area (Å²) in [6.45, 7) is 3.76. The van der Waals surface area contributed by atoms with Gasteiger partial charge in [0.05, 0.1) is 5.54 Å². The minimum atomic E-state index is -0.522. The van der Waals surface area contributed by atoms with E-state index in [0.29, 0.717) is 5.82 Å². The molecule has 1 aromatic rings. The molecule has 5 heteroatoms. The van der Waals surface area contributed by atoms with Crippen molar-refractivity contribution in [1.29, 1.82) is 0 Å². The van der Waals surface area contributed by atoms with Crippen molar-refractivity contribution >= 4 is 11.8 Å². The van der Waals surface area contributed by atoms with Gasteiger partial charge >= 0.3 is 6.03 Å². The van der Waals surface area contributed by atoms with Crippen molar-refractivity contribution in [3.63, 3.8) is 0 Å². The molecular weight excluding hydrogens is 180 g/mol. The Morgan fingerprint density at radius 3 is 3.00 bits per heavy atom. The maximum atomic E-state index is 11.4. The van der Waals surface area contributed by atoms with Crippen molar-refractivity contribution in [3.8, 4) is 0 Å². The van der Waals surface area contributed by atoms with Crippen molar-refractivity contribution < 1.29 is 4.79 Å². The van der Waals surface area contributed by atoms with Gasteiger partial charge in [-0.05, 0) is 19.9 Å². The van der Waals surface area contributed by atoms with Gasteiger partial charge in [0, 0.05) is 11.8 Å². The normalized spacial score (nSPS) is 18.8. The molecule has 0 bridgehead atoms. The number of hydrogen-bond acceptors (Lipinski definition) is 3. The zero-order valence-corrected chi connectivity index (χ0v) is 8.11. The number of fused-ring (bicyclic) bond motifs is 1. The third-order valence-electron chi connectivity index (χ3n) is 2.51. The summed E-state index contributed by atoms with van der Waals surface area (Å²) in [5.74, 6) is 6.25. The molecule has 5 nitrogen and oxygen atoms in total. The van der Waals surface area contributed by atoms with Gasteiger partial charge in [0.1, 0.15) is 5.82 Å². The molecule has 0 saturated carbocycles. The molecule has 0 spiro atoms. The molecule has 3 N–H and O–H groups in total. The summed E-state index contributed by atoms with van der Waals surface area (Å²) < 4.78 is 0. The number of aromatic nitrogens is 1. The van der Waals surface area contributed by atoms with E-state index in [4.69, 9.17) is 5.84 Å². The Morgan fingerprint density at radius 2 is 2.29 bits per heavy atom. The van der Waals surface area contributed by atoms with Gasteiger partial charge in [-0.2, -0.15) is 0 Å². The molecule has 0 atom stereocenters. The number of hydrogen-bond donors (Lipinski definition) is 2. The predicted octanol–water partition coefficient (Wildman–Crippen LogP) is 1.04. The maximum absolute atomic E-state index is 11.4. The summed E-state index contributed by atoms with van der Waals surface area (Å²) in [6, 6.07) is 3.40. The molecule has 0 aliphatic carbocycles. The van der Waals surface area contributed by atoms with E-state index in [1.54, 1.807) is 6.20 Å². The van der Waals surface area contributed by atoms with E-state index in [1.165, 1.54) is 5.01 Å². The fourth-order valence-corrected chi connectivity index (χ4v) is 1.54. The first-order chi connectivity index (χ1) is 6.53. The van der Waals surface area contributed by atoms with E-state index >= 15 is 0 Å². The number of carbonyl (C=O) groups excluding carboxylic acids is 1. The highest BCUT2D eigenvalue weighted by Gasteiger charge is 2.37. The van der Waals surface area contributed by atoms with Gasteiger partial charge in [0.15, 0.2) is 0 Å². The minimum Gasteiger partial charge on any atom is -0.291 e. The Hall–Kier alpha value is -1.62. The first-order valence-electron chi connectivity index (χ1n) is 4.35. The average Bonchev–Trinajstić information content (AvgIpc) is 2.15. The molecule has 1 aliphatic rings. The average molecular weight is 192 g/mol. The van der Waals surface area contributed by atoms with Crippen LogP contribution >= 0.6 is 0 Å². The second-order valence-electron chi connectivity index (χ2n) is 3.76. The van der Waals surface area contributed by atoms with Crippen molar-refractivity contribution in [2.45, 2.75) is 19.4 Å². The number of carbonyl (C=O) groups is 1. The highest BCUT2D eigenvalue weighted by Crippen LogP contribution is 2.33. The lowest BCUT2D eigenvalue weighted by atomic mass is 9.92. The van der Waals surface area contributed by atoms with Crippen LogP contribution in [-0.2, 0) is 5.54 Å². The topological polar surface area (TPSA) is 71.2 Å². The lowest BCUT2D eigenvalue weighted by Gasteiger charge is -2.39. The van der Waals surface area contributed by atoms with Crippen molar-refractivity contribution in [2.75, 3.05) is 5.32 Å². The number of anilines is 1. The van der Waals surface area contributed by atoms with E-state index in [9.17, 15) is 4.79 Å². The zero-order valence-electron chi connectivity index (χ0n) is 8.11. The number of hydrazine groups is 1. The van der Waals surface area contributed by atoms with Gasteiger partial charge in [0.2, 0.25) is 0 Å². The van der Waals surface area contributed by atoms with Gasteiger partial charge in [0.25, 0.3) is 0 Å².